The molecule has 1 fully saturated rings. The van der Waals surface area contributed by atoms with Crippen LogP contribution in [-0.2, 0) is 4.79 Å². The minimum atomic E-state index is -0.177. The average Bonchev–Trinajstić information content (AvgIpc) is 2.28. The summed E-state index contributed by atoms with van der Waals surface area (Å²) in [5, 5.41) is 5.90. The summed E-state index contributed by atoms with van der Waals surface area (Å²) in [7, 11) is 0. The van der Waals surface area contributed by atoms with Crippen molar-refractivity contribution < 1.29 is 4.79 Å². The Kier molecular flexibility index (Phi) is 4.07. The van der Waals surface area contributed by atoms with E-state index in [0.717, 1.165) is 12.8 Å². The van der Waals surface area contributed by atoms with Gasteiger partial charge in [0.15, 0.2) is 0 Å². The monoisotopic (exact) mass is 249 g/mol. The van der Waals surface area contributed by atoms with Crippen molar-refractivity contribution >= 4 is 17.8 Å². The van der Waals surface area contributed by atoms with E-state index in [2.05, 4.69) is 25.6 Å². The molecule has 1 amide bonds. The molecular weight excluding hydrogens is 230 g/mol. The first-order chi connectivity index (χ1) is 8.63. The van der Waals surface area contributed by atoms with E-state index in [4.69, 9.17) is 0 Å². The van der Waals surface area contributed by atoms with Crippen LogP contribution in [0.4, 0.5) is 11.9 Å². The highest BCUT2D eigenvalue weighted by molar-refractivity contribution is 5.86. The number of carbonyl (C=O) groups is 1. The van der Waals surface area contributed by atoms with Crippen LogP contribution in [0.1, 0.15) is 44.9 Å². The standard InChI is InChI=1S/C12H19N5O/c1-8-13-11(15-9(2)18)17-12(14-8)16-10-6-4-3-5-7-10/h10H,3-7H2,1-2H3,(H2,13,14,15,16,17,18). The van der Waals surface area contributed by atoms with Crippen LogP contribution in [0.25, 0.3) is 0 Å². The quantitative estimate of drug-likeness (QED) is 0.855. The van der Waals surface area contributed by atoms with E-state index in [0.29, 0.717) is 23.8 Å². The fraction of sp³-hybridized carbons (Fsp3) is 0.667. The van der Waals surface area contributed by atoms with Crippen LogP contribution in [-0.4, -0.2) is 26.9 Å². The Morgan fingerprint density at radius 2 is 1.78 bits per heavy atom. The summed E-state index contributed by atoms with van der Waals surface area (Å²) in [6.07, 6.45) is 6.12. The molecule has 98 valence electrons. The van der Waals surface area contributed by atoms with Gasteiger partial charge in [0.05, 0.1) is 0 Å². The zero-order valence-electron chi connectivity index (χ0n) is 10.9. The summed E-state index contributed by atoms with van der Waals surface area (Å²) in [6, 6.07) is 0.436. The number of amides is 1. The number of nitrogens with zero attached hydrogens (tertiary/aromatic N) is 3. The zero-order chi connectivity index (χ0) is 13.0. The second-order valence-electron chi connectivity index (χ2n) is 4.69. The van der Waals surface area contributed by atoms with Gasteiger partial charge in [-0.2, -0.15) is 15.0 Å². The lowest BCUT2D eigenvalue weighted by molar-refractivity contribution is -0.114. The highest BCUT2D eigenvalue weighted by Crippen LogP contribution is 2.20. The lowest BCUT2D eigenvalue weighted by Crippen LogP contribution is -2.24. The van der Waals surface area contributed by atoms with Crippen molar-refractivity contribution in [2.24, 2.45) is 0 Å². The van der Waals surface area contributed by atoms with Gasteiger partial charge in [0.25, 0.3) is 0 Å². The van der Waals surface area contributed by atoms with E-state index >= 15 is 0 Å². The molecule has 0 radical (unpaired) electrons. The lowest BCUT2D eigenvalue weighted by Gasteiger charge is -2.22. The first-order valence-electron chi connectivity index (χ1n) is 6.40. The van der Waals surface area contributed by atoms with Crippen LogP contribution in [0.2, 0.25) is 0 Å². The van der Waals surface area contributed by atoms with Crippen molar-refractivity contribution in [3.05, 3.63) is 5.82 Å². The molecule has 1 aromatic heterocycles. The van der Waals surface area contributed by atoms with Crippen LogP contribution in [0.15, 0.2) is 0 Å². The molecule has 1 aliphatic carbocycles. The number of aryl methyl sites for hydroxylation is 1. The summed E-state index contributed by atoms with van der Waals surface area (Å²) < 4.78 is 0. The van der Waals surface area contributed by atoms with E-state index < -0.39 is 0 Å². The van der Waals surface area contributed by atoms with Crippen molar-refractivity contribution in [1.29, 1.82) is 0 Å². The average molecular weight is 249 g/mol. The minimum Gasteiger partial charge on any atom is -0.351 e. The Balaban J connectivity index is 2.06. The molecule has 2 rings (SSSR count). The first-order valence-corrected chi connectivity index (χ1v) is 6.40. The van der Waals surface area contributed by atoms with Gasteiger partial charge in [-0.05, 0) is 19.8 Å². The molecule has 0 spiro atoms. The molecular formula is C12H19N5O. The molecule has 6 nitrogen and oxygen atoms in total. The largest absolute Gasteiger partial charge is 0.351 e. The normalized spacial score (nSPS) is 16.3. The Hall–Kier alpha value is -1.72. The van der Waals surface area contributed by atoms with E-state index in [1.807, 2.05) is 0 Å². The molecule has 0 bridgehead atoms. The molecule has 0 unspecified atom stereocenters. The summed E-state index contributed by atoms with van der Waals surface area (Å²) >= 11 is 0. The molecule has 0 atom stereocenters. The predicted octanol–water partition coefficient (Wildman–Crippen LogP) is 1.88. The highest BCUT2D eigenvalue weighted by Gasteiger charge is 2.15. The van der Waals surface area contributed by atoms with Crippen LogP contribution < -0.4 is 10.6 Å². The summed E-state index contributed by atoms with van der Waals surface area (Å²) in [6.45, 7) is 3.23. The van der Waals surface area contributed by atoms with Crippen molar-refractivity contribution in [3.63, 3.8) is 0 Å². The zero-order valence-corrected chi connectivity index (χ0v) is 10.9. The summed E-state index contributed by atoms with van der Waals surface area (Å²) in [4.78, 5) is 23.5. The molecule has 18 heavy (non-hydrogen) atoms. The number of hydrogen-bond donors (Lipinski definition) is 2. The summed E-state index contributed by atoms with van der Waals surface area (Å²) in [5.74, 6) is 1.29. The Bertz CT molecular complexity index is 428. The highest BCUT2D eigenvalue weighted by atomic mass is 16.1. The molecule has 0 aliphatic heterocycles. The number of carbonyl (C=O) groups excluding carboxylic acids is 1. The maximum absolute atomic E-state index is 11.0. The molecule has 2 N–H and O–H groups in total. The molecule has 1 aromatic rings. The number of aromatic nitrogens is 3. The second kappa shape index (κ2) is 5.75. The van der Waals surface area contributed by atoms with E-state index in [1.165, 1.54) is 26.2 Å². The van der Waals surface area contributed by atoms with E-state index in [1.54, 1.807) is 6.92 Å². The fourth-order valence-electron chi connectivity index (χ4n) is 2.19. The Morgan fingerprint density at radius 3 is 2.44 bits per heavy atom. The third-order valence-corrected chi connectivity index (χ3v) is 2.97. The van der Waals surface area contributed by atoms with Gasteiger partial charge in [0, 0.05) is 13.0 Å². The molecule has 1 aliphatic rings. The van der Waals surface area contributed by atoms with Gasteiger partial charge in [-0.15, -0.1) is 0 Å². The molecule has 1 saturated carbocycles. The van der Waals surface area contributed by atoms with Crippen LogP contribution in [0.3, 0.4) is 0 Å². The topological polar surface area (TPSA) is 79.8 Å². The van der Waals surface area contributed by atoms with Crippen molar-refractivity contribution in [2.45, 2.75) is 52.0 Å². The van der Waals surface area contributed by atoms with Gasteiger partial charge < -0.3 is 5.32 Å². The number of anilines is 2. The maximum Gasteiger partial charge on any atom is 0.234 e. The molecule has 0 saturated heterocycles. The first kappa shape index (κ1) is 12.7. The van der Waals surface area contributed by atoms with Crippen molar-refractivity contribution in [1.82, 2.24) is 15.0 Å². The van der Waals surface area contributed by atoms with Gasteiger partial charge in [-0.1, -0.05) is 19.3 Å². The van der Waals surface area contributed by atoms with Gasteiger partial charge in [0.2, 0.25) is 17.8 Å². The van der Waals surface area contributed by atoms with E-state index in [-0.39, 0.29) is 5.91 Å². The number of nitrogens with one attached hydrogen (secondary N) is 2. The van der Waals surface area contributed by atoms with Crippen LogP contribution >= 0.6 is 0 Å². The third-order valence-electron chi connectivity index (χ3n) is 2.97. The molecule has 6 heteroatoms. The molecule has 1 heterocycles. The second-order valence-corrected chi connectivity index (χ2v) is 4.69. The Morgan fingerprint density at radius 1 is 1.11 bits per heavy atom. The smallest absolute Gasteiger partial charge is 0.234 e. The SMILES string of the molecule is CC(=O)Nc1nc(C)nc(NC2CCCCC2)n1. The van der Waals surface area contributed by atoms with Crippen LogP contribution in [0, 0.1) is 6.92 Å². The maximum atomic E-state index is 11.0. The predicted molar refractivity (Wildman–Crippen MR) is 69.4 cm³/mol. The Labute approximate surface area is 107 Å². The van der Waals surface area contributed by atoms with Crippen LogP contribution in [0.5, 0.6) is 0 Å². The summed E-state index contributed by atoms with van der Waals surface area (Å²) in [5.41, 5.74) is 0. The number of hydrogen-bond acceptors (Lipinski definition) is 5. The fourth-order valence-corrected chi connectivity index (χ4v) is 2.19. The van der Waals surface area contributed by atoms with Gasteiger partial charge in [0.1, 0.15) is 5.82 Å². The van der Waals surface area contributed by atoms with E-state index in [9.17, 15) is 4.79 Å². The van der Waals surface area contributed by atoms with Crippen molar-refractivity contribution in [2.75, 3.05) is 10.6 Å². The third kappa shape index (κ3) is 3.65. The lowest BCUT2D eigenvalue weighted by atomic mass is 9.96. The van der Waals surface area contributed by atoms with Gasteiger partial charge >= 0.3 is 0 Å². The minimum absolute atomic E-state index is 0.177. The molecule has 0 aromatic carbocycles. The van der Waals surface area contributed by atoms with Crippen molar-refractivity contribution in [3.8, 4) is 0 Å². The van der Waals surface area contributed by atoms with Gasteiger partial charge in [-0.25, -0.2) is 0 Å². The van der Waals surface area contributed by atoms with Gasteiger partial charge in [-0.3, -0.25) is 10.1 Å². The number of rotatable bonds is 3.